The zero-order valence-electron chi connectivity index (χ0n) is 13.8. The highest BCUT2D eigenvalue weighted by atomic mass is 79.9. The third-order valence-corrected chi connectivity index (χ3v) is 4.60. The van der Waals surface area contributed by atoms with E-state index in [0.29, 0.717) is 0 Å². The van der Waals surface area contributed by atoms with Crippen LogP contribution in [0, 0.1) is 5.92 Å². The fourth-order valence-electron chi connectivity index (χ4n) is 2.97. The molecule has 0 unspecified atom stereocenters. The number of likely N-dealkylation sites (tertiary alicyclic amines) is 1. The molecule has 128 valence electrons. The van der Waals surface area contributed by atoms with Gasteiger partial charge in [-0.2, -0.15) is 0 Å². The van der Waals surface area contributed by atoms with Crippen LogP contribution >= 0.6 is 15.9 Å². The molecule has 2 heterocycles. The second kappa shape index (κ2) is 7.33. The van der Waals surface area contributed by atoms with Gasteiger partial charge < -0.3 is 19.9 Å². The molecule has 0 aromatic carbocycles. The predicted molar refractivity (Wildman–Crippen MR) is 88.7 cm³/mol. The number of alkyl carbamates (subject to hydrolysis) is 1. The maximum atomic E-state index is 13.0. The first-order chi connectivity index (χ1) is 10.8. The number of imidazole rings is 1. The second-order valence-corrected chi connectivity index (χ2v) is 7.02. The molecule has 0 bridgehead atoms. The summed E-state index contributed by atoms with van der Waals surface area (Å²) in [5, 5.41) is 2.65. The van der Waals surface area contributed by atoms with E-state index in [9.17, 15) is 9.59 Å². The number of hydrogen-bond donors (Lipinski definition) is 2. The van der Waals surface area contributed by atoms with Crippen LogP contribution in [-0.2, 0) is 9.53 Å². The Bertz CT molecular complexity index is 575. The molecule has 3 atom stereocenters. The molecule has 2 rings (SSSR count). The molecule has 0 spiro atoms. The Hall–Kier alpha value is -1.57. The van der Waals surface area contributed by atoms with Gasteiger partial charge in [0.05, 0.1) is 19.3 Å². The van der Waals surface area contributed by atoms with Gasteiger partial charge in [-0.25, -0.2) is 9.78 Å². The SMILES string of the molecule is COC(=O)N[C@H](C(=O)N1[C@@H](C)CC[C@H]1c1ncc(Br)[nH]1)C(C)C. The van der Waals surface area contributed by atoms with Gasteiger partial charge in [-0.05, 0) is 41.6 Å². The number of aromatic amines is 1. The molecule has 2 amide bonds. The summed E-state index contributed by atoms with van der Waals surface area (Å²) in [6.45, 7) is 5.82. The quantitative estimate of drug-likeness (QED) is 0.832. The zero-order valence-corrected chi connectivity index (χ0v) is 15.4. The standard InChI is InChI=1S/C15H23BrN4O3/c1-8(2)12(19-15(22)23-4)14(21)20-9(3)5-6-10(20)13-17-7-11(16)18-13/h7-10,12H,5-6H2,1-4H3,(H,17,18)(H,19,22)/t9-,10-,12-/m0/s1. The number of aromatic nitrogens is 2. The summed E-state index contributed by atoms with van der Waals surface area (Å²) < 4.78 is 5.42. The van der Waals surface area contributed by atoms with E-state index in [1.54, 1.807) is 6.20 Å². The predicted octanol–water partition coefficient (Wildman–Crippen LogP) is 2.60. The van der Waals surface area contributed by atoms with Gasteiger partial charge in [0, 0.05) is 6.04 Å². The van der Waals surface area contributed by atoms with Crippen molar-refractivity contribution in [2.24, 2.45) is 5.92 Å². The van der Waals surface area contributed by atoms with Gasteiger partial charge in [-0.3, -0.25) is 4.79 Å². The largest absolute Gasteiger partial charge is 0.453 e. The molecule has 2 N–H and O–H groups in total. The average molecular weight is 387 g/mol. The van der Waals surface area contributed by atoms with Crippen molar-refractivity contribution in [1.82, 2.24) is 20.2 Å². The van der Waals surface area contributed by atoms with Crippen molar-refractivity contribution in [3.05, 3.63) is 16.6 Å². The van der Waals surface area contributed by atoms with Crippen LogP contribution in [0.4, 0.5) is 4.79 Å². The third kappa shape index (κ3) is 3.85. The van der Waals surface area contributed by atoms with E-state index in [1.165, 1.54) is 7.11 Å². The van der Waals surface area contributed by atoms with E-state index in [0.717, 1.165) is 23.3 Å². The molecular weight excluding hydrogens is 364 g/mol. The Morgan fingerprint density at radius 1 is 1.48 bits per heavy atom. The van der Waals surface area contributed by atoms with Crippen LogP contribution < -0.4 is 5.32 Å². The summed E-state index contributed by atoms with van der Waals surface area (Å²) in [6, 6.07) is -0.634. The zero-order chi connectivity index (χ0) is 17.1. The topological polar surface area (TPSA) is 87.3 Å². The normalized spacial score (nSPS) is 22.3. The lowest BCUT2D eigenvalue weighted by molar-refractivity contribution is -0.137. The van der Waals surface area contributed by atoms with Gasteiger partial charge in [0.1, 0.15) is 16.5 Å². The molecule has 1 fully saturated rings. The Labute approximate surface area is 144 Å². The van der Waals surface area contributed by atoms with Crippen molar-refractivity contribution in [3.63, 3.8) is 0 Å². The van der Waals surface area contributed by atoms with Crippen LogP contribution in [0.2, 0.25) is 0 Å². The molecule has 1 aliphatic rings. The van der Waals surface area contributed by atoms with Crippen molar-refractivity contribution < 1.29 is 14.3 Å². The van der Waals surface area contributed by atoms with Crippen molar-refractivity contribution in [2.45, 2.75) is 51.7 Å². The molecule has 0 saturated carbocycles. The fourth-order valence-corrected chi connectivity index (χ4v) is 3.27. The highest BCUT2D eigenvalue weighted by Crippen LogP contribution is 2.36. The summed E-state index contributed by atoms with van der Waals surface area (Å²) in [4.78, 5) is 33.9. The molecule has 0 aliphatic carbocycles. The summed E-state index contributed by atoms with van der Waals surface area (Å²) in [6.07, 6.45) is 2.84. The number of rotatable bonds is 4. The Kier molecular flexibility index (Phi) is 5.67. The van der Waals surface area contributed by atoms with Crippen LogP contribution in [0.1, 0.15) is 45.5 Å². The maximum Gasteiger partial charge on any atom is 0.407 e. The van der Waals surface area contributed by atoms with Gasteiger partial charge in [0.25, 0.3) is 0 Å². The minimum atomic E-state index is -0.621. The molecule has 1 aliphatic heterocycles. The van der Waals surface area contributed by atoms with Crippen molar-refractivity contribution in [2.75, 3.05) is 7.11 Å². The van der Waals surface area contributed by atoms with Gasteiger partial charge >= 0.3 is 6.09 Å². The minimum absolute atomic E-state index is 0.0432. The van der Waals surface area contributed by atoms with Crippen LogP contribution in [0.25, 0.3) is 0 Å². The van der Waals surface area contributed by atoms with E-state index >= 15 is 0 Å². The first-order valence-electron chi connectivity index (χ1n) is 7.72. The summed E-state index contributed by atoms with van der Waals surface area (Å²) in [5.74, 6) is 0.612. The number of halogens is 1. The highest BCUT2D eigenvalue weighted by molar-refractivity contribution is 9.10. The number of H-pyrrole nitrogens is 1. The summed E-state index contributed by atoms with van der Waals surface area (Å²) in [7, 11) is 1.29. The first kappa shape index (κ1) is 17.8. The smallest absolute Gasteiger partial charge is 0.407 e. The molecule has 7 nitrogen and oxygen atoms in total. The van der Waals surface area contributed by atoms with Gasteiger partial charge in [-0.1, -0.05) is 13.8 Å². The number of hydrogen-bond acceptors (Lipinski definition) is 4. The summed E-state index contributed by atoms with van der Waals surface area (Å²) >= 11 is 3.35. The Balaban J connectivity index is 2.24. The minimum Gasteiger partial charge on any atom is -0.453 e. The maximum absolute atomic E-state index is 13.0. The van der Waals surface area contributed by atoms with E-state index in [2.05, 4.69) is 36.0 Å². The van der Waals surface area contributed by atoms with Crippen molar-refractivity contribution >= 4 is 27.9 Å². The summed E-state index contributed by atoms with van der Waals surface area (Å²) in [5.41, 5.74) is 0. The molecular formula is C15H23BrN4O3. The van der Waals surface area contributed by atoms with E-state index in [4.69, 9.17) is 0 Å². The Morgan fingerprint density at radius 3 is 2.70 bits per heavy atom. The van der Waals surface area contributed by atoms with Crippen LogP contribution in [0.15, 0.2) is 10.8 Å². The lowest BCUT2D eigenvalue weighted by Crippen LogP contribution is -2.52. The number of methoxy groups -OCH3 is 1. The van der Waals surface area contributed by atoms with Crippen LogP contribution in [0.5, 0.6) is 0 Å². The molecule has 1 saturated heterocycles. The number of carbonyl (C=O) groups is 2. The van der Waals surface area contributed by atoms with Gasteiger partial charge in [0.15, 0.2) is 0 Å². The number of amides is 2. The number of carbonyl (C=O) groups excluding carboxylic acids is 2. The fraction of sp³-hybridized carbons (Fsp3) is 0.667. The van der Waals surface area contributed by atoms with Crippen LogP contribution in [0.3, 0.4) is 0 Å². The van der Waals surface area contributed by atoms with E-state index < -0.39 is 12.1 Å². The molecule has 23 heavy (non-hydrogen) atoms. The van der Waals surface area contributed by atoms with E-state index in [1.807, 2.05) is 25.7 Å². The highest BCUT2D eigenvalue weighted by Gasteiger charge is 2.41. The molecule has 0 radical (unpaired) electrons. The second-order valence-electron chi connectivity index (χ2n) is 6.16. The van der Waals surface area contributed by atoms with Crippen LogP contribution in [-0.4, -0.2) is 46.1 Å². The van der Waals surface area contributed by atoms with Crippen molar-refractivity contribution in [3.8, 4) is 0 Å². The monoisotopic (exact) mass is 386 g/mol. The van der Waals surface area contributed by atoms with E-state index in [-0.39, 0.29) is 23.9 Å². The number of nitrogens with zero attached hydrogens (tertiary/aromatic N) is 2. The Morgan fingerprint density at radius 2 is 2.17 bits per heavy atom. The molecule has 1 aromatic rings. The molecule has 1 aromatic heterocycles. The lowest BCUT2D eigenvalue weighted by atomic mass is 10.0. The number of nitrogens with one attached hydrogen (secondary N) is 2. The van der Waals surface area contributed by atoms with Crippen molar-refractivity contribution in [1.29, 1.82) is 0 Å². The molecule has 8 heteroatoms. The first-order valence-corrected chi connectivity index (χ1v) is 8.51. The van der Waals surface area contributed by atoms with Gasteiger partial charge in [0.2, 0.25) is 5.91 Å². The van der Waals surface area contributed by atoms with Gasteiger partial charge in [-0.15, -0.1) is 0 Å². The third-order valence-electron chi connectivity index (χ3n) is 4.19. The average Bonchev–Trinajstić information content (AvgIpc) is 3.09. The lowest BCUT2D eigenvalue weighted by Gasteiger charge is -2.32. The number of ether oxygens (including phenoxy) is 1.